The van der Waals surface area contributed by atoms with Gasteiger partial charge in [0.05, 0.1) is 12.7 Å². The van der Waals surface area contributed by atoms with E-state index < -0.39 is 6.10 Å². The molecular formula is C15H19ClFNO3. The lowest BCUT2D eigenvalue weighted by Crippen LogP contribution is -2.29. The molecule has 3 unspecified atom stereocenters. The van der Waals surface area contributed by atoms with Crippen LogP contribution in [0.15, 0.2) is 18.2 Å². The van der Waals surface area contributed by atoms with Crippen molar-refractivity contribution in [2.24, 2.45) is 5.92 Å². The largest absolute Gasteiger partial charge is 0.391 e. The van der Waals surface area contributed by atoms with Gasteiger partial charge in [-0.25, -0.2) is 4.39 Å². The van der Waals surface area contributed by atoms with Crippen LogP contribution < -0.4 is 5.32 Å². The van der Waals surface area contributed by atoms with Gasteiger partial charge in [-0.15, -0.1) is 0 Å². The number of nitrogens with one attached hydrogen (secondary N) is 1. The summed E-state index contributed by atoms with van der Waals surface area (Å²) in [7, 11) is 1.51. The first-order valence-electron chi connectivity index (χ1n) is 6.93. The molecule has 0 heterocycles. The molecule has 3 atom stereocenters. The lowest BCUT2D eigenvalue weighted by molar-refractivity contribution is -0.122. The number of carbonyl (C=O) groups excluding carboxylic acids is 1. The summed E-state index contributed by atoms with van der Waals surface area (Å²) in [4.78, 5) is 12.0. The molecule has 1 aromatic rings. The molecule has 0 saturated heterocycles. The highest BCUT2D eigenvalue weighted by atomic mass is 35.5. The maximum absolute atomic E-state index is 13.8. The van der Waals surface area contributed by atoms with Crippen LogP contribution in [0.1, 0.15) is 24.3 Å². The van der Waals surface area contributed by atoms with Gasteiger partial charge in [-0.3, -0.25) is 4.79 Å². The molecule has 1 fully saturated rings. The van der Waals surface area contributed by atoms with E-state index in [9.17, 15) is 14.3 Å². The molecule has 1 aliphatic rings. The molecule has 0 bridgehead atoms. The Labute approximate surface area is 128 Å². The van der Waals surface area contributed by atoms with Crippen LogP contribution in [-0.4, -0.2) is 37.4 Å². The van der Waals surface area contributed by atoms with Gasteiger partial charge in [0.1, 0.15) is 5.82 Å². The summed E-state index contributed by atoms with van der Waals surface area (Å²) in [6.45, 7) is 0.615. The summed E-state index contributed by atoms with van der Waals surface area (Å²) in [5, 5.41) is 12.6. The third-order valence-electron chi connectivity index (χ3n) is 3.63. The second-order valence-corrected chi connectivity index (χ2v) is 5.68. The zero-order chi connectivity index (χ0) is 15.4. The van der Waals surface area contributed by atoms with Crippen molar-refractivity contribution in [3.05, 3.63) is 34.6 Å². The van der Waals surface area contributed by atoms with Crippen LogP contribution in [0.4, 0.5) is 4.39 Å². The van der Waals surface area contributed by atoms with E-state index in [-0.39, 0.29) is 30.2 Å². The predicted molar refractivity (Wildman–Crippen MR) is 77.8 cm³/mol. The van der Waals surface area contributed by atoms with E-state index in [2.05, 4.69) is 5.32 Å². The minimum atomic E-state index is -0.591. The number of ether oxygens (including phenoxy) is 1. The van der Waals surface area contributed by atoms with Crippen LogP contribution in [0, 0.1) is 11.7 Å². The van der Waals surface area contributed by atoms with Gasteiger partial charge in [0.2, 0.25) is 5.91 Å². The maximum Gasteiger partial charge on any atom is 0.223 e. The number of amides is 1. The molecule has 1 amide bonds. The highest BCUT2D eigenvalue weighted by molar-refractivity contribution is 6.31. The highest BCUT2D eigenvalue weighted by Gasteiger charge is 2.46. The van der Waals surface area contributed by atoms with Crippen molar-refractivity contribution in [3.63, 3.8) is 0 Å². The quantitative estimate of drug-likeness (QED) is 0.810. The van der Waals surface area contributed by atoms with Gasteiger partial charge in [0, 0.05) is 36.1 Å². The minimum Gasteiger partial charge on any atom is -0.391 e. The van der Waals surface area contributed by atoms with E-state index >= 15 is 0 Å². The predicted octanol–water partition coefficient (Wildman–Crippen LogP) is 2.10. The van der Waals surface area contributed by atoms with Crippen molar-refractivity contribution in [3.8, 4) is 0 Å². The zero-order valence-corrected chi connectivity index (χ0v) is 12.6. The third kappa shape index (κ3) is 4.15. The Hall–Kier alpha value is -1.17. The molecule has 21 heavy (non-hydrogen) atoms. The fraction of sp³-hybridized carbons (Fsp3) is 0.533. The van der Waals surface area contributed by atoms with Crippen molar-refractivity contribution in [1.29, 1.82) is 0 Å². The molecule has 0 spiro atoms. The molecule has 2 N–H and O–H groups in total. The van der Waals surface area contributed by atoms with Crippen molar-refractivity contribution in [2.45, 2.75) is 24.9 Å². The first-order chi connectivity index (χ1) is 10.0. The van der Waals surface area contributed by atoms with Gasteiger partial charge >= 0.3 is 0 Å². The number of benzene rings is 1. The van der Waals surface area contributed by atoms with E-state index in [0.29, 0.717) is 30.0 Å². The smallest absolute Gasteiger partial charge is 0.223 e. The zero-order valence-electron chi connectivity index (χ0n) is 11.8. The number of methoxy groups -OCH3 is 1. The van der Waals surface area contributed by atoms with E-state index in [1.807, 2.05) is 0 Å². The van der Waals surface area contributed by atoms with Gasteiger partial charge in [-0.05, 0) is 25.0 Å². The van der Waals surface area contributed by atoms with Gasteiger partial charge in [-0.2, -0.15) is 0 Å². The van der Waals surface area contributed by atoms with Crippen molar-refractivity contribution >= 4 is 17.5 Å². The highest BCUT2D eigenvalue weighted by Crippen LogP contribution is 2.50. The number of rotatable bonds is 7. The maximum atomic E-state index is 13.8. The van der Waals surface area contributed by atoms with Crippen LogP contribution in [0.5, 0.6) is 0 Å². The molecular weight excluding hydrogens is 297 g/mol. The number of aliphatic hydroxyl groups excluding tert-OH is 1. The van der Waals surface area contributed by atoms with Crippen LogP contribution in [-0.2, 0) is 9.53 Å². The Morgan fingerprint density at radius 2 is 2.38 bits per heavy atom. The number of aliphatic hydroxyl groups is 1. The summed E-state index contributed by atoms with van der Waals surface area (Å²) in [5.74, 6) is -0.871. The van der Waals surface area contributed by atoms with E-state index in [4.69, 9.17) is 16.3 Å². The van der Waals surface area contributed by atoms with Crippen LogP contribution >= 0.6 is 11.6 Å². The Morgan fingerprint density at radius 1 is 1.62 bits per heavy atom. The summed E-state index contributed by atoms with van der Waals surface area (Å²) < 4.78 is 18.6. The molecule has 2 rings (SSSR count). The molecule has 0 aliphatic heterocycles. The minimum absolute atomic E-state index is 0.121. The average Bonchev–Trinajstić information content (AvgIpc) is 3.19. The summed E-state index contributed by atoms with van der Waals surface area (Å²) in [6.07, 6.45) is 0.441. The molecule has 1 aromatic carbocycles. The molecule has 1 aliphatic carbocycles. The van der Waals surface area contributed by atoms with Crippen LogP contribution in [0.25, 0.3) is 0 Å². The van der Waals surface area contributed by atoms with Crippen LogP contribution in [0.3, 0.4) is 0 Å². The Morgan fingerprint density at radius 3 is 3.05 bits per heavy atom. The monoisotopic (exact) mass is 315 g/mol. The topological polar surface area (TPSA) is 58.6 Å². The summed E-state index contributed by atoms with van der Waals surface area (Å²) in [5.41, 5.74) is 0.429. The fourth-order valence-electron chi connectivity index (χ4n) is 2.44. The summed E-state index contributed by atoms with van der Waals surface area (Å²) in [6, 6.07) is 4.54. The van der Waals surface area contributed by atoms with Crippen molar-refractivity contribution in [1.82, 2.24) is 5.32 Å². The average molecular weight is 316 g/mol. The molecule has 1 saturated carbocycles. The SMILES string of the molecule is COCC(O)CCNC(=O)C1CC1c1c(F)cccc1Cl. The van der Waals surface area contributed by atoms with Crippen molar-refractivity contribution in [2.75, 3.05) is 20.3 Å². The lowest BCUT2D eigenvalue weighted by Gasteiger charge is -2.10. The van der Waals surface area contributed by atoms with Gasteiger partial charge in [0.25, 0.3) is 0 Å². The second kappa shape index (κ2) is 7.20. The third-order valence-corrected chi connectivity index (χ3v) is 3.96. The molecule has 116 valence electrons. The van der Waals surface area contributed by atoms with Crippen LogP contribution in [0.2, 0.25) is 5.02 Å². The van der Waals surface area contributed by atoms with E-state index in [0.717, 1.165) is 0 Å². The Kier molecular flexibility index (Phi) is 5.56. The molecule has 4 nitrogen and oxygen atoms in total. The molecule has 0 aromatic heterocycles. The van der Waals surface area contributed by atoms with Gasteiger partial charge in [-0.1, -0.05) is 17.7 Å². The van der Waals surface area contributed by atoms with Crippen molar-refractivity contribution < 1.29 is 19.0 Å². The standard InChI is InChI=1S/C15H19ClFNO3/c1-21-8-9(19)5-6-18-15(20)11-7-10(11)14-12(16)3-2-4-13(14)17/h2-4,9-11,19H,5-8H2,1H3,(H,18,20). The fourth-order valence-corrected chi connectivity index (χ4v) is 2.74. The number of halogens is 2. The Bertz CT molecular complexity index is 491. The lowest BCUT2D eigenvalue weighted by atomic mass is 10.1. The molecule has 0 radical (unpaired) electrons. The molecule has 6 heteroatoms. The second-order valence-electron chi connectivity index (χ2n) is 5.27. The summed E-state index contributed by atoms with van der Waals surface area (Å²) >= 11 is 6.00. The van der Waals surface area contributed by atoms with E-state index in [1.54, 1.807) is 12.1 Å². The van der Waals surface area contributed by atoms with Gasteiger partial charge < -0.3 is 15.2 Å². The Balaban J connectivity index is 1.82. The van der Waals surface area contributed by atoms with E-state index in [1.165, 1.54) is 13.2 Å². The normalized spacial score (nSPS) is 21.9. The number of hydrogen-bond donors (Lipinski definition) is 2. The number of hydrogen-bond acceptors (Lipinski definition) is 3. The number of carbonyl (C=O) groups is 1. The van der Waals surface area contributed by atoms with Gasteiger partial charge in [0.15, 0.2) is 0 Å². The first-order valence-corrected chi connectivity index (χ1v) is 7.31. The first kappa shape index (κ1) is 16.2.